The molecular weight excluding hydrogens is 204 g/mol. The monoisotopic (exact) mass is 220 g/mol. The zero-order chi connectivity index (χ0) is 11.3. The molecule has 13 heavy (non-hydrogen) atoms. The second kappa shape index (κ2) is 14.2. The van der Waals surface area contributed by atoms with Gasteiger partial charge < -0.3 is 21.7 Å². The van der Waals surface area contributed by atoms with Crippen molar-refractivity contribution in [1.82, 2.24) is 0 Å². The molecule has 0 saturated carbocycles. The van der Waals surface area contributed by atoms with Crippen LogP contribution < -0.4 is 11.5 Å². The van der Waals surface area contributed by atoms with Crippen LogP contribution in [-0.2, 0) is 10.4 Å². The quantitative estimate of drug-likeness (QED) is 0.272. The number of hydrogen-bond acceptors (Lipinski definition) is 6. The van der Waals surface area contributed by atoms with E-state index in [2.05, 4.69) is 0 Å². The molecule has 0 aromatic carbocycles. The Bertz CT molecular complexity index is 142. The Kier molecular flexibility index (Phi) is 20.3. The molecule has 0 heterocycles. The van der Waals surface area contributed by atoms with Crippen molar-refractivity contribution in [1.29, 1.82) is 0 Å². The molecule has 0 unspecified atom stereocenters. The normalized spacial score (nSPS) is 9.08. The van der Waals surface area contributed by atoms with Gasteiger partial charge in [-0.1, -0.05) is 0 Å². The molecule has 0 aliphatic rings. The minimum atomic E-state index is -4.67. The number of rotatable bonds is 2. The van der Waals surface area contributed by atoms with Gasteiger partial charge in [-0.05, 0) is 0 Å². The maximum atomic E-state index is 8.74. The van der Waals surface area contributed by atoms with Crippen LogP contribution in [0, 0.1) is 0 Å². The first kappa shape index (κ1) is 18.5. The number of aliphatic hydroxyl groups excluding tert-OH is 2. The second-order valence-corrected chi connectivity index (χ2v) is 2.37. The smallest absolute Gasteiger partial charge is 0.394 e. The lowest BCUT2D eigenvalue weighted by atomic mass is 10.8. The highest BCUT2D eigenvalue weighted by Gasteiger charge is 1.84. The number of aliphatic hydroxyl groups is 2. The highest BCUT2D eigenvalue weighted by Crippen LogP contribution is 1.59. The Hall–Kier alpha value is -0.290. The molecule has 0 saturated heterocycles. The van der Waals surface area contributed by atoms with Gasteiger partial charge in [-0.25, -0.2) is 0 Å². The van der Waals surface area contributed by atoms with E-state index >= 15 is 0 Å². The maximum Gasteiger partial charge on any atom is 0.394 e. The van der Waals surface area contributed by atoms with Gasteiger partial charge in [-0.15, -0.1) is 0 Å². The topological polar surface area (TPSA) is 167 Å². The molecule has 9 heteroatoms. The van der Waals surface area contributed by atoms with E-state index in [1.54, 1.807) is 0 Å². The Balaban J connectivity index is -0.000000117. The molecule has 0 aromatic rings. The minimum absolute atomic E-state index is 0.0972. The molecule has 0 spiro atoms. The van der Waals surface area contributed by atoms with E-state index in [4.69, 9.17) is 39.2 Å². The zero-order valence-electron chi connectivity index (χ0n) is 7.00. The standard InChI is InChI=1S/2C2H7NO.H2O4S/c2*3-1-2-4;1-5(2,3)4/h2*4H,1-3H2;(H2,1,2,3,4). The zero-order valence-corrected chi connectivity index (χ0v) is 7.81. The SMILES string of the molecule is NCCO.NCCO.O=S(=O)(O)O. The fourth-order valence-electron chi connectivity index (χ4n) is 0. The third-order valence-corrected chi connectivity index (χ3v) is 0.258. The Labute approximate surface area is 76.7 Å². The van der Waals surface area contributed by atoms with Gasteiger partial charge in [0.15, 0.2) is 0 Å². The van der Waals surface area contributed by atoms with Gasteiger partial charge in [0.05, 0.1) is 13.2 Å². The van der Waals surface area contributed by atoms with Crippen molar-refractivity contribution in [2.45, 2.75) is 0 Å². The molecule has 0 radical (unpaired) electrons. The lowest BCUT2D eigenvalue weighted by Gasteiger charge is -1.71. The fraction of sp³-hybridized carbons (Fsp3) is 1.00. The first-order chi connectivity index (χ1) is 5.83. The highest BCUT2D eigenvalue weighted by atomic mass is 32.3. The summed E-state index contributed by atoms with van der Waals surface area (Å²) in [6, 6.07) is 0. The Morgan fingerprint density at radius 3 is 1.00 bits per heavy atom. The van der Waals surface area contributed by atoms with Crippen LogP contribution in [-0.4, -0.2) is 54.0 Å². The van der Waals surface area contributed by atoms with Gasteiger partial charge in [0.2, 0.25) is 0 Å². The largest absolute Gasteiger partial charge is 0.395 e. The van der Waals surface area contributed by atoms with E-state index in [0.29, 0.717) is 13.1 Å². The summed E-state index contributed by atoms with van der Waals surface area (Å²) in [7, 11) is -4.67. The van der Waals surface area contributed by atoms with Gasteiger partial charge in [-0.3, -0.25) is 9.11 Å². The first-order valence-electron chi connectivity index (χ1n) is 3.15. The van der Waals surface area contributed by atoms with E-state index in [0.717, 1.165) is 0 Å². The van der Waals surface area contributed by atoms with Crippen LogP contribution in [0.5, 0.6) is 0 Å². The third-order valence-electron chi connectivity index (χ3n) is 0.258. The molecule has 0 rings (SSSR count). The summed E-state index contributed by atoms with van der Waals surface area (Å²) in [5.74, 6) is 0. The van der Waals surface area contributed by atoms with Crippen molar-refractivity contribution in [3.8, 4) is 0 Å². The summed E-state index contributed by atoms with van der Waals surface area (Å²) in [6.45, 7) is 0.944. The van der Waals surface area contributed by atoms with E-state index in [1.165, 1.54) is 0 Å². The third kappa shape index (κ3) is 378. The van der Waals surface area contributed by atoms with Crippen LogP contribution in [0.15, 0.2) is 0 Å². The summed E-state index contributed by atoms with van der Waals surface area (Å²) in [6.07, 6.45) is 0. The fourth-order valence-corrected chi connectivity index (χ4v) is 0. The molecule has 0 aromatic heterocycles. The van der Waals surface area contributed by atoms with Gasteiger partial charge in [-0.2, -0.15) is 8.42 Å². The van der Waals surface area contributed by atoms with Crippen LogP contribution in [0.3, 0.4) is 0 Å². The average molecular weight is 220 g/mol. The van der Waals surface area contributed by atoms with Gasteiger partial charge in [0.25, 0.3) is 0 Å². The van der Waals surface area contributed by atoms with Crippen LogP contribution >= 0.6 is 0 Å². The van der Waals surface area contributed by atoms with Gasteiger partial charge in [0.1, 0.15) is 0 Å². The van der Waals surface area contributed by atoms with E-state index < -0.39 is 10.4 Å². The van der Waals surface area contributed by atoms with Crippen molar-refractivity contribution in [3.63, 3.8) is 0 Å². The summed E-state index contributed by atoms with van der Waals surface area (Å²) in [5, 5.41) is 15.5. The van der Waals surface area contributed by atoms with Crippen molar-refractivity contribution in [3.05, 3.63) is 0 Å². The van der Waals surface area contributed by atoms with Gasteiger partial charge in [0, 0.05) is 13.1 Å². The second-order valence-electron chi connectivity index (χ2n) is 1.47. The Morgan fingerprint density at radius 1 is 0.923 bits per heavy atom. The molecule has 0 aliphatic carbocycles. The van der Waals surface area contributed by atoms with Crippen molar-refractivity contribution >= 4 is 10.4 Å². The minimum Gasteiger partial charge on any atom is -0.395 e. The molecule has 0 bridgehead atoms. The molecule has 0 atom stereocenters. The average Bonchev–Trinajstić information content (AvgIpc) is 2.01. The van der Waals surface area contributed by atoms with E-state index in [-0.39, 0.29) is 13.2 Å². The number of hydrogen-bond donors (Lipinski definition) is 6. The Morgan fingerprint density at radius 2 is 1.00 bits per heavy atom. The molecule has 0 fully saturated rings. The van der Waals surface area contributed by atoms with Crippen LogP contribution in [0.2, 0.25) is 0 Å². The molecular formula is C4H16N2O6S. The van der Waals surface area contributed by atoms with Crippen LogP contribution in [0.25, 0.3) is 0 Å². The molecule has 8 N–H and O–H groups in total. The number of nitrogens with two attached hydrogens (primary N) is 2. The van der Waals surface area contributed by atoms with E-state index in [9.17, 15) is 0 Å². The van der Waals surface area contributed by atoms with Crippen molar-refractivity contribution < 1.29 is 27.7 Å². The first-order valence-corrected chi connectivity index (χ1v) is 4.54. The molecule has 84 valence electrons. The molecule has 8 nitrogen and oxygen atoms in total. The molecule has 0 aliphatic heterocycles. The molecule has 0 amide bonds. The summed E-state index contributed by atoms with van der Waals surface area (Å²) < 4.78 is 31.6. The maximum absolute atomic E-state index is 8.74. The van der Waals surface area contributed by atoms with Crippen LogP contribution in [0.4, 0.5) is 0 Å². The van der Waals surface area contributed by atoms with Crippen molar-refractivity contribution in [2.75, 3.05) is 26.3 Å². The van der Waals surface area contributed by atoms with E-state index in [1.807, 2.05) is 0 Å². The lowest BCUT2D eigenvalue weighted by Crippen LogP contribution is -2.02. The summed E-state index contributed by atoms with van der Waals surface area (Å²) >= 11 is 0. The summed E-state index contributed by atoms with van der Waals surface area (Å²) in [5.41, 5.74) is 9.56. The predicted molar refractivity (Wildman–Crippen MR) is 46.5 cm³/mol. The highest BCUT2D eigenvalue weighted by molar-refractivity contribution is 7.79. The summed E-state index contributed by atoms with van der Waals surface area (Å²) in [4.78, 5) is 0. The van der Waals surface area contributed by atoms with Crippen molar-refractivity contribution in [2.24, 2.45) is 11.5 Å². The predicted octanol–water partition coefficient (Wildman–Crippen LogP) is -2.78. The lowest BCUT2D eigenvalue weighted by molar-refractivity contribution is 0.306. The van der Waals surface area contributed by atoms with Crippen LogP contribution in [0.1, 0.15) is 0 Å². The van der Waals surface area contributed by atoms with Gasteiger partial charge >= 0.3 is 10.4 Å².